The highest BCUT2D eigenvalue weighted by molar-refractivity contribution is 5.99. The zero-order valence-corrected chi connectivity index (χ0v) is 34.4. The maximum atomic E-state index is 16.0. The molecule has 1 N–H and O–H groups in total. The number of aryl methyl sites for hydroxylation is 1. The van der Waals surface area contributed by atoms with Crippen LogP contribution in [-0.2, 0) is 23.7 Å². The third-order valence-electron chi connectivity index (χ3n) is 13.2. The van der Waals surface area contributed by atoms with E-state index in [1.807, 2.05) is 17.5 Å². The summed E-state index contributed by atoms with van der Waals surface area (Å²) in [5.41, 5.74) is 4.13. The second kappa shape index (κ2) is 13.6. The molecule has 2 fully saturated rings. The number of nitrogens with one attached hydrogen (secondary N) is 1. The smallest absolute Gasteiger partial charge is 0.376 e. The Hall–Kier alpha value is -6.88. The number of H-pyrrole nitrogens is 1. The van der Waals surface area contributed by atoms with Crippen molar-refractivity contribution in [2.75, 3.05) is 13.2 Å². The molecule has 0 radical (unpaired) electrons. The summed E-state index contributed by atoms with van der Waals surface area (Å²) in [7, 11) is 1.71. The number of carbonyl (C=O) groups is 1. The molecule has 62 heavy (non-hydrogen) atoms. The second-order valence-electron chi connectivity index (χ2n) is 17.4. The van der Waals surface area contributed by atoms with Gasteiger partial charge in [-0.3, -0.25) is 32.8 Å². The minimum absolute atomic E-state index is 0.0444. The first-order valence-corrected chi connectivity index (χ1v) is 20.8. The summed E-state index contributed by atoms with van der Waals surface area (Å²) in [5.74, 6) is -1.31. The van der Waals surface area contributed by atoms with Crippen molar-refractivity contribution in [3.05, 3.63) is 140 Å². The molecule has 2 atom stereocenters. The number of rotatable bonds is 7. The van der Waals surface area contributed by atoms with Crippen molar-refractivity contribution in [3.63, 3.8) is 0 Å². The lowest BCUT2D eigenvalue weighted by molar-refractivity contribution is -0.0593. The lowest BCUT2D eigenvalue weighted by atomic mass is 9.84. The first kappa shape index (κ1) is 38.1. The molecule has 15 nitrogen and oxygen atoms in total. The van der Waals surface area contributed by atoms with Crippen molar-refractivity contribution >= 4 is 22.3 Å². The molecule has 316 valence electrons. The SMILES string of the molecule is C[C@H]1c2c(-n3ccn(-c4ccc5c(cnn5C)c4F)c3=O)c(-c3ccc(F)cc3)nn2CCN1C(=O)c1cn2cc([C@@H]3CCOC(C)(C)C3)ccc2c1C1(c2noc(=O)[nH]2)CC1. The van der Waals surface area contributed by atoms with E-state index in [1.165, 1.54) is 39.7 Å². The van der Waals surface area contributed by atoms with Crippen LogP contribution in [0, 0.1) is 11.6 Å². The van der Waals surface area contributed by atoms with Gasteiger partial charge in [-0.05, 0) is 100 Å². The molecule has 1 saturated carbocycles. The zero-order valence-electron chi connectivity index (χ0n) is 34.4. The number of imidazole rings is 1. The average molecular weight is 841 g/mol. The molecule has 0 spiro atoms. The van der Waals surface area contributed by atoms with Gasteiger partial charge >= 0.3 is 11.4 Å². The molecule has 1 saturated heterocycles. The largest absolute Gasteiger partial charge is 0.438 e. The molecule has 2 aliphatic heterocycles. The number of halogens is 2. The number of nitrogens with zero attached hydrogens (tertiary/aromatic N) is 9. The van der Waals surface area contributed by atoms with Gasteiger partial charge in [-0.25, -0.2) is 18.4 Å². The molecule has 8 aromatic rings. The number of aromatic amines is 1. The third-order valence-corrected chi connectivity index (χ3v) is 13.2. The van der Waals surface area contributed by atoms with Crippen LogP contribution in [0.1, 0.15) is 91.4 Å². The fraction of sp³-hybridized carbons (Fsp3) is 0.333. The van der Waals surface area contributed by atoms with Gasteiger partial charge in [-0.15, -0.1) is 0 Å². The van der Waals surface area contributed by atoms with E-state index < -0.39 is 34.5 Å². The van der Waals surface area contributed by atoms with Crippen molar-refractivity contribution < 1.29 is 22.8 Å². The molecular formula is C45H42F2N10O5. The predicted octanol–water partition coefficient (Wildman–Crippen LogP) is 6.56. The fourth-order valence-corrected chi connectivity index (χ4v) is 9.95. The van der Waals surface area contributed by atoms with Gasteiger partial charge in [0.25, 0.3) is 5.91 Å². The standard InChI is InChI=1S/C45H42F2N10O5/c1-25-38-39(56-17-16-55(43(56)60)34-12-11-32-30(36(34)47)22-48-52(32)4)37(26-5-8-29(46)9-6-26)50-57(38)19-18-54(25)40(58)31-24-53-23-28(27-13-20-61-44(2,3)21-27)7-10-33(53)35(31)45(14-15-45)41-49-42(59)62-51-41/h5-12,16-17,22-25,27H,13-15,18-21H2,1-4H3,(H,49,51,59)/t25-,27+/m0/s1. The molecule has 0 unspecified atom stereocenters. The topological polar surface area (TPSA) is 155 Å². The molecule has 1 amide bonds. The molecule has 0 bridgehead atoms. The highest BCUT2D eigenvalue weighted by Gasteiger charge is 2.53. The van der Waals surface area contributed by atoms with Gasteiger partial charge < -0.3 is 14.0 Å². The number of benzene rings is 2. The van der Waals surface area contributed by atoms with Crippen LogP contribution in [0.5, 0.6) is 0 Å². The number of amides is 1. The number of fused-ring (bicyclic) bond motifs is 3. The average Bonchev–Trinajstić information content (AvgIpc) is 3.71. The highest BCUT2D eigenvalue weighted by Crippen LogP contribution is 2.55. The van der Waals surface area contributed by atoms with Gasteiger partial charge in [0.05, 0.1) is 63.2 Å². The number of hydrogen-bond donors (Lipinski definition) is 1. The Labute approximate surface area is 351 Å². The first-order chi connectivity index (χ1) is 29.8. The quantitative estimate of drug-likeness (QED) is 0.189. The predicted molar refractivity (Wildman–Crippen MR) is 223 cm³/mol. The number of ether oxygens (including phenoxy) is 1. The van der Waals surface area contributed by atoms with E-state index >= 15 is 9.18 Å². The summed E-state index contributed by atoms with van der Waals surface area (Å²) >= 11 is 0. The first-order valence-electron chi connectivity index (χ1n) is 20.8. The van der Waals surface area contributed by atoms with E-state index in [4.69, 9.17) is 14.4 Å². The van der Waals surface area contributed by atoms with E-state index in [9.17, 15) is 14.0 Å². The van der Waals surface area contributed by atoms with Crippen LogP contribution in [0.3, 0.4) is 0 Å². The van der Waals surface area contributed by atoms with Gasteiger partial charge in [0, 0.05) is 56.1 Å². The Morgan fingerprint density at radius 2 is 1.73 bits per heavy atom. The summed E-state index contributed by atoms with van der Waals surface area (Å²) in [4.78, 5) is 46.7. The van der Waals surface area contributed by atoms with Crippen LogP contribution in [-0.4, -0.2) is 72.8 Å². The van der Waals surface area contributed by atoms with Gasteiger partial charge in [0.15, 0.2) is 11.6 Å². The van der Waals surface area contributed by atoms with E-state index in [2.05, 4.69) is 47.4 Å². The lowest BCUT2D eigenvalue weighted by Crippen LogP contribution is -2.42. The van der Waals surface area contributed by atoms with Crippen molar-refractivity contribution in [1.29, 1.82) is 0 Å². The Balaban J connectivity index is 1.04. The normalized spacial score (nSPS) is 19.4. The zero-order chi connectivity index (χ0) is 42.8. The molecular weight excluding hydrogens is 799 g/mol. The van der Waals surface area contributed by atoms with Crippen molar-refractivity contribution in [2.24, 2.45) is 7.05 Å². The van der Waals surface area contributed by atoms with E-state index in [-0.39, 0.29) is 41.6 Å². The lowest BCUT2D eigenvalue weighted by Gasteiger charge is -2.35. The molecule has 17 heteroatoms. The molecule has 2 aromatic carbocycles. The summed E-state index contributed by atoms with van der Waals surface area (Å²) in [5, 5.41) is 13.5. The summed E-state index contributed by atoms with van der Waals surface area (Å²) in [6.07, 6.45) is 11.5. The van der Waals surface area contributed by atoms with Crippen LogP contribution < -0.4 is 11.4 Å². The van der Waals surface area contributed by atoms with Crippen molar-refractivity contribution in [1.82, 2.24) is 48.1 Å². The second-order valence-corrected chi connectivity index (χ2v) is 17.4. The van der Waals surface area contributed by atoms with Crippen molar-refractivity contribution in [3.8, 4) is 22.6 Å². The van der Waals surface area contributed by atoms with Crippen molar-refractivity contribution in [2.45, 2.75) is 76.0 Å². The summed E-state index contributed by atoms with van der Waals surface area (Å²) < 4.78 is 49.3. The maximum Gasteiger partial charge on any atom is 0.438 e. The number of carbonyl (C=O) groups excluding carboxylic acids is 1. The van der Waals surface area contributed by atoms with Gasteiger partial charge in [-0.1, -0.05) is 11.2 Å². The number of pyridine rings is 1. The number of aromatic nitrogens is 9. The Morgan fingerprint density at radius 3 is 2.47 bits per heavy atom. The molecule has 1 aliphatic carbocycles. The Bertz CT molecular complexity index is 3230. The van der Waals surface area contributed by atoms with Crippen LogP contribution in [0.15, 0.2) is 93.6 Å². The van der Waals surface area contributed by atoms with Gasteiger partial charge in [0.1, 0.15) is 17.2 Å². The minimum atomic E-state index is -0.750. The van der Waals surface area contributed by atoms with E-state index in [0.717, 1.165) is 29.5 Å². The summed E-state index contributed by atoms with van der Waals surface area (Å²) in [6, 6.07) is 12.6. The van der Waals surface area contributed by atoms with Gasteiger partial charge in [-0.2, -0.15) is 10.2 Å². The Morgan fingerprint density at radius 1 is 0.952 bits per heavy atom. The molecule has 3 aliphatic rings. The van der Waals surface area contributed by atoms with Crippen LogP contribution in [0.2, 0.25) is 0 Å². The maximum absolute atomic E-state index is 16.0. The molecule has 6 aromatic heterocycles. The third kappa shape index (κ3) is 5.77. The Kier molecular flexibility index (Phi) is 8.33. The number of hydrogen-bond acceptors (Lipinski definition) is 8. The van der Waals surface area contributed by atoms with Crippen LogP contribution in [0.4, 0.5) is 8.78 Å². The van der Waals surface area contributed by atoms with Crippen LogP contribution >= 0.6 is 0 Å². The minimum Gasteiger partial charge on any atom is -0.376 e. The summed E-state index contributed by atoms with van der Waals surface area (Å²) in [6.45, 7) is 7.32. The monoisotopic (exact) mass is 840 g/mol. The molecule has 11 rings (SSSR count). The van der Waals surface area contributed by atoms with Crippen LogP contribution in [0.25, 0.3) is 39.1 Å². The fourth-order valence-electron chi connectivity index (χ4n) is 9.95. The van der Waals surface area contributed by atoms with E-state index in [1.54, 1.807) is 45.7 Å². The highest BCUT2D eigenvalue weighted by atomic mass is 19.1. The van der Waals surface area contributed by atoms with E-state index in [0.29, 0.717) is 59.0 Å². The van der Waals surface area contributed by atoms with Gasteiger partial charge in [0.2, 0.25) is 0 Å². The molecule has 8 heterocycles.